The van der Waals surface area contributed by atoms with Gasteiger partial charge in [-0.15, -0.1) is 0 Å². The van der Waals surface area contributed by atoms with E-state index in [1.165, 1.54) is 4.90 Å². The number of amides is 3. The highest BCUT2D eigenvalue weighted by Crippen LogP contribution is 2.26. The maximum absolute atomic E-state index is 11.7. The summed E-state index contributed by atoms with van der Waals surface area (Å²) in [6.07, 6.45) is -2.14. The van der Waals surface area contributed by atoms with Crippen molar-refractivity contribution in [1.29, 1.82) is 5.26 Å². The summed E-state index contributed by atoms with van der Waals surface area (Å²) in [6, 6.07) is -0.615. The number of nitrogens with zero attached hydrogens (tertiary/aromatic N) is 2. The standard InChI is InChI=1S/C10H13N3O5S/c11-4-19-7-2-13(10(17)12-9(7)16)8-1-5(15)6(3-14)18-8/h5-8,14-15H,1-3H2,(H,12,16,17)/t5-,6+,7?,8+/m0/s1. The number of imide groups is 1. The highest BCUT2D eigenvalue weighted by molar-refractivity contribution is 8.05. The monoisotopic (exact) mass is 287 g/mol. The van der Waals surface area contributed by atoms with E-state index in [4.69, 9.17) is 15.1 Å². The summed E-state index contributed by atoms with van der Waals surface area (Å²) in [5.41, 5.74) is 0. The predicted octanol–water partition coefficient (Wildman–Crippen LogP) is -1.41. The second-order valence-electron chi connectivity index (χ2n) is 4.26. The molecular weight excluding hydrogens is 274 g/mol. The van der Waals surface area contributed by atoms with E-state index in [-0.39, 0.29) is 19.6 Å². The van der Waals surface area contributed by atoms with Gasteiger partial charge in [-0.05, 0) is 11.8 Å². The zero-order valence-corrected chi connectivity index (χ0v) is 10.7. The number of nitriles is 1. The van der Waals surface area contributed by atoms with Gasteiger partial charge >= 0.3 is 6.03 Å². The van der Waals surface area contributed by atoms with Crippen LogP contribution in [0.4, 0.5) is 4.79 Å². The number of hydrogen-bond acceptors (Lipinski definition) is 7. The number of urea groups is 1. The third-order valence-electron chi connectivity index (χ3n) is 3.07. The van der Waals surface area contributed by atoms with Crippen LogP contribution in [0.1, 0.15) is 6.42 Å². The Morgan fingerprint density at radius 1 is 1.58 bits per heavy atom. The van der Waals surface area contributed by atoms with Gasteiger partial charge in [0.05, 0.1) is 12.7 Å². The molecule has 2 aliphatic heterocycles. The topological polar surface area (TPSA) is 123 Å². The van der Waals surface area contributed by atoms with Gasteiger partial charge in [0.25, 0.3) is 0 Å². The van der Waals surface area contributed by atoms with E-state index in [1.54, 1.807) is 0 Å². The van der Waals surface area contributed by atoms with Crippen LogP contribution in [0.2, 0.25) is 0 Å². The lowest BCUT2D eigenvalue weighted by molar-refractivity contribution is -0.123. The predicted molar refractivity (Wildman–Crippen MR) is 63.6 cm³/mol. The van der Waals surface area contributed by atoms with Gasteiger partial charge in [-0.2, -0.15) is 5.26 Å². The maximum atomic E-state index is 11.7. The molecule has 1 unspecified atom stereocenters. The molecule has 3 N–H and O–H groups in total. The highest BCUT2D eigenvalue weighted by atomic mass is 32.2. The summed E-state index contributed by atoms with van der Waals surface area (Å²) < 4.78 is 5.36. The van der Waals surface area contributed by atoms with Gasteiger partial charge in [0.2, 0.25) is 5.91 Å². The van der Waals surface area contributed by atoms with Crippen molar-refractivity contribution in [3.05, 3.63) is 0 Å². The SMILES string of the molecule is N#CSC1CN([C@H]2C[C@H](O)[C@@H](CO)O2)C(=O)NC1=O. The fraction of sp³-hybridized carbons (Fsp3) is 0.700. The number of aliphatic hydroxyl groups excluding tert-OH is 2. The third kappa shape index (κ3) is 2.82. The van der Waals surface area contributed by atoms with Crippen LogP contribution in [0.15, 0.2) is 0 Å². The second kappa shape index (κ2) is 5.75. The summed E-state index contributed by atoms with van der Waals surface area (Å²) in [5.74, 6) is -0.509. The van der Waals surface area contributed by atoms with E-state index in [1.807, 2.05) is 5.40 Å². The van der Waals surface area contributed by atoms with Crippen LogP contribution in [0.25, 0.3) is 0 Å². The first-order chi connectivity index (χ1) is 9.06. The Labute approximate surface area is 113 Å². The van der Waals surface area contributed by atoms with Crippen molar-refractivity contribution < 1.29 is 24.5 Å². The molecule has 2 fully saturated rings. The molecule has 2 heterocycles. The zero-order chi connectivity index (χ0) is 14.0. The number of hydrogen-bond donors (Lipinski definition) is 3. The summed E-state index contributed by atoms with van der Waals surface area (Å²) in [4.78, 5) is 24.5. The van der Waals surface area contributed by atoms with Gasteiger partial charge in [-0.25, -0.2) is 4.79 Å². The Bertz CT molecular complexity index is 426. The van der Waals surface area contributed by atoms with Gasteiger partial charge in [0, 0.05) is 13.0 Å². The molecule has 2 aliphatic rings. The van der Waals surface area contributed by atoms with E-state index in [0.29, 0.717) is 0 Å². The van der Waals surface area contributed by atoms with Gasteiger partial charge < -0.3 is 14.9 Å². The van der Waals surface area contributed by atoms with Crippen molar-refractivity contribution in [2.75, 3.05) is 13.2 Å². The number of carbonyl (C=O) groups is 2. The lowest BCUT2D eigenvalue weighted by atomic mass is 10.2. The largest absolute Gasteiger partial charge is 0.394 e. The number of nitrogens with one attached hydrogen (secondary N) is 1. The first kappa shape index (κ1) is 14.1. The summed E-state index contributed by atoms with van der Waals surface area (Å²) >= 11 is 0.764. The number of aliphatic hydroxyl groups is 2. The van der Waals surface area contributed by atoms with Crippen LogP contribution in [0.5, 0.6) is 0 Å². The zero-order valence-electron chi connectivity index (χ0n) is 9.85. The van der Waals surface area contributed by atoms with Gasteiger partial charge in [0.1, 0.15) is 23.0 Å². The van der Waals surface area contributed by atoms with Crippen LogP contribution in [0, 0.1) is 10.7 Å². The normalized spacial score (nSPS) is 35.1. The van der Waals surface area contributed by atoms with Crippen LogP contribution in [0.3, 0.4) is 0 Å². The Morgan fingerprint density at radius 2 is 2.32 bits per heavy atom. The average Bonchev–Trinajstić information content (AvgIpc) is 2.74. The molecule has 8 nitrogen and oxygen atoms in total. The minimum atomic E-state index is -0.859. The molecule has 3 amide bonds. The minimum absolute atomic E-state index is 0.0401. The number of ether oxygens (including phenoxy) is 1. The van der Waals surface area contributed by atoms with E-state index in [0.717, 1.165) is 11.8 Å². The van der Waals surface area contributed by atoms with Crippen LogP contribution >= 0.6 is 11.8 Å². The van der Waals surface area contributed by atoms with E-state index in [2.05, 4.69) is 5.32 Å². The van der Waals surface area contributed by atoms with E-state index in [9.17, 15) is 14.7 Å². The molecule has 0 aromatic carbocycles. The summed E-state index contributed by atoms with van der Waals surface area (Å²) in [7, 11) is 0. The Hall–Kier alpha value is -1.34. The number of thioether (sulfide) groups is 1. The molecule has 0 aromatic heterocycles. The van der Waals surface area contributed by atoms with Crippen LogP contribution in [-0.4, -0.2) is 63.9 Å². The molecule has 0 bridgehead atoms. The molecular formula is C10H13N3O5S. The maximum Gasteiger partial charge on any atom is 0.326 e. The van der Waals surface area contributed by atoms with Crippen molar-refractivity contribution in [2.24, 2.45) is 0 Å². The van der Waals surface area contributed by atoms with Crippen molar-refractivity contribution in [1.82, 2.24) is 10.2 Å². The van der Waals surface area contributed by atoms with Crippen molar-refractivity contribution in [3.63, 3.8) is 0 Å². The van der Waals surface area contributed by atoms with E-state index < -0.39 is 35.6 Å². The van der Waals surface area contributed by atoms with Gasteiger partial charge in [-0.1, -0.05) is 0 Å². The first-order valence-corrected chi connectivity index (χ1v) is 6.55. The average molecular weight is 287 g/mol. The molecule has 2 saturated heterocycles. The Morgan fingerprint density at radius 3 is 2.89 bits per heavy atom. The molecule has 9 heteroatoms. The summed E-state index contributed by atoms with van der Waals surface area (Å²) in [6.45, 7) is -0.305. The van der Waals surface area contributed by atoms with Gasteiger partial charge in [-0.3, -0.25) is 15.0 Å². The highest BCUT2D eigenvalue weighted by Gasteiger charge is 2.43. The van der Waals surface area contributed by atoms with E-state index >= 15 is 0 Å². The number of carbonyl (C=O) groups excluding carboxylic acids is 2. The lowest BCUT2D eigenvalue weighted by Crippen LogP contribution is -2.59. The first-order valence-electron chi connectivity index (χ1n) is 5.67. The molecule has 0 radical (unpaired) electrons. The molecule has 0 aromatic rings. The molecule has 2 rings (SSSR count). The summed E-state index contributed by atoms with van der Waals surface area (Å²) in [5, 5.41) is 30.5. The number of rotatable bonds is 3. The number of thiocyanates is 1. The van der Waals surface area contributed by atoms with Gasteiger partial charge in [0.15, 0.2) is 0 Å². The Kier molecular flexibility index (Phi) is 4.26. The molecule has 4 atom stereocenters. The fourth-order valence-corrected chi connectivity index (χ4v) is 2.61. The molecule has 0 saturated carbocycles. The van der Waals surface area contributed by atoms with Crippen LogP contribution in [-0.2, 0) is 9.53 Å². The quantitative estimate of drug-likeness (QED) is 0.545. The minimum Gasteiger partial charge on any atom is -0.394 e. The molecule has 104 valence electrons. The second-order valence-corrected chi connectivity index (χ2v) is 5.25. The Balaban J connectivity index is 2.05. The van der Waals surface area contributed by atoms with Crippen molar-refractivity contribution in [2.45, 2.75) is 30.1 Å². The lowest BCUT2D eigenvalue weighted by Gasteiger charge is -2.34. The van der Waals surface area contributed by atoms with Crippen molar-refractivity contribution in [3.8, 4) is 5.40 Å². The molecule has 0 aliphatic carbocycles. The smallest absolute Gasteiger partial charge is 0.326 e. The van der Waals surface area contributed by atoms with Crippen LogP contribution < -0.4 is 5.32 Å². The fourth-order valence-electron chi connectivity index (χ4n) is 2.08. The van der Waals surface area contributed by atoms with Crippen molar-refractivity contribution >= 4 is 23.7 Å². The molecule has 19 heavy (non-hydrogen) atoms. The third-order valence-corrected chi connectivity index (χ3v) is 3.83. The molecule has 0 spiro atoms.